The first-order valence-electron chi connectivity index (χ1n) is 4.30. The number of hydrogen-bond acceptors (Lipinski definition) is 3. The second kappa shape index (κ2) is 4.93. The molecule has 0 heterocycles. The molecule has 1 aromatic carbocycles. The third-order valence-electron chi connectivity index (χ3n) is 1.82. The molecule has 0 spiro atoms. The standard InChI is InChI=1S/C10H13NO2S/c1-7-3-2-4-8(10(11)14)9(7)13-6-5-12/h2-4,12H,5-6H2,1H3,(H2,11,14). The van der Waals surface area contributed by atoms with E-state index < -0.39 is 0 Å². The third kappa shape index (κ3) is 2.43. The fraction of sp³-hybridized carbons (Fsp3) is 0.300. The number of aliphatic hydroxyl groups is 1. The summed E-state index contributed by atoms with van der Waals surface area (Å²) in [4.78, 5) is 0.307. The number of aryl methyl sites for hydroxylation is 1. The Morgan fingerprint density at radius 1 is 1.57 bits per heavy atom. The summed E-state index contributed by atoms with van der Waals surface area (Å²) in [5.74, 6) is 0.661. The van der Waals surface area contributed by atoms with Gasteiger partial charge in [-0.1, -0.05) is 24.4 Å². The van der Waals surface area contributed by atoms with Gasteiger partial charge in [-0.3, -0.25) is 0 Å². The van der Waals surface area contributed by atoms with Gasteiger partial charge < -0.3 is 15.6 Å². The molecular weight excluding hydrogens is 198 g/mol. The van der Waals surface area contributed by atoms with E-state index in [2.05, 4.69) is 0 Å². The van der Waals surface area contributed by atoms with Crippen LogP contribution >= 0.6 is 12.2 Å². The van der Waals surface area contributed by atoms with Crippen molar-refractivity contribution in [1.29, 1.82) is 0 Å². The smallest absolute Gasteiger partial charge is 0.132 e. The van der Waals surface area contributed by atoms with Crippen molar-refractivity contribution in [3.05, 3.63) is 29.3 Å². The number of para-hydroxylation sites is 1. The Morgan fingerprint density at radius 3 is 2.86 bits per heavy atom. The van der Waals surface area contributed by atoms with Crippen molar-refractivity contribution in [2.75, 3.05) is 13.2 Å². The van der Waals surface area contributed by atoms with Crippen molar-refractivity contribution < 1.29 is 9.84 Å². The van der Waals surface area contributed by atoms with Crippen LogP contribution in [0.15, 0.2) is 18.2 Å². The van der Waals surface area contributed by atoms with Gasteiger partial charge in [0.1, 0.15) is 17.3 Å². The van der Waals surface area contributed by atoms with Gasteiger partial charge in [0.15, 0.2) is 0 Å². The minimum absolute atomic E-state index is 0.0227. The second-order valence-corrected chi connectivity index (χ2v) is 3.33. The van der Waals surface area contributed by atoms with Crippen LogP contribution in [0.1, 0.15) is 11.1 Å². The zero-order chi connectivity index (χ0) is 10.6. The maximum atomic E-state index is 8.66. The summed E-state index contributed by atoms with van der Waals surface area (Å²) in [6, 6.07) is 5.59. The molecule has 76 valence electrons. The molecule has 0 saturated carbocycles. The Morgan fingerprint density at radius 2 is 2.29 bits per heavy atom. The SMILES string of the molecule is Cc1cccc(C(N)=S)c1OCCO. The quantitative estimate of drug-likeness (QED) is 0.730. The molecule has 0 amide bonds. The molecule has 0 aromatic heterocycles. The van der Waals surface area contributed by atoms with E-state index in [0.29, 0.717) is 16.3 Å². The molecule has 0 atom stereocenters. The number of hydrogen-bond donors (Lipinski definition) is 2. The molecule has 1 rings (SSSR count). The van der Waals surface area contributed by atoms with Crippen LogP contribution in [0.4, 0.5) is 0 Å². The molecule has 0 unspecified atom stereocenters. The van der Waals surface area contributed by atoms with Crippen molar-refractivity contribution in [1.82, 2.24) is 0 Å². The fourth-order valence-electron chi connectivity index (χ4n) is 1.19. The first-order valence-corrected chi connectivity index (χ1v) is 4.70. The molecule has 0 radical (unpaired) electrons. The zero-order valence-electron chi connectivity index (χ0n) is 7.99. The average molecular weight is 211 g/mol. The highest BCUT2D eigenvalue weighted by Crippen LogP contribution is 2.23. The molecule has 0 aliphatic carbocycles. The lowest BCUT2D eigenvalue weighted by atomic mass is 10.1. The third-order valence-corrected chi connectivity index (χ3v) is 2.03. The van der Waals surface area contributed by atoms with E-state index in [4.69, 9.17) is 27.8 Å². The minimum atomic E-state index is -0.0227. The van der Waals surface area contributed by atoms with Crippen molar-refractivity contribution in [3.63, 3.8) is 0 Å². The van der Waals surface area contributed by atoms with Gasteiger partial charge in [-0.2, -0.15) is 0 Å². The molecule has 0 saturated heterocycles. The molecule has 0 aliphatic rings. The van der Waals surface area contributed by atoms with Crippen molar-refractivity contribution in [3.8, 4) is 5.75 Å². The number of nitrogens with two attached hydrogens (primary N) is 1. The van der Waals surface area contributed by atoms with Gasteiger partial charge in [0, 0.05) is 0 Å². The van der Waals surface area contributed by atoms with Gasteiger partial charge in [-0.25, -0.2) is 0 Å². The highest BCUT2D eigenvalue weighted by molar-refractivity contribution is 7.80. The van der Waals surface area contributed by atoms with Crippen LogP contribution in [0.5, 0.6) is 5.75 Å². The Balaban J connectivity index is 3.02. The lowest BCUT2D eigenvalue weighted by molar-refractivity contribution is 0.200. The van der Waals surface area contributed by atoms with Crippen molar-refractivity contribution in [2.24, 2.45) is 5.73 Å². The van der Waals surface area contributed by atoms with Gasteiger partial charge in [0.2, 0.25) is 0 Å². The molecule has 14 heavy (non-hydrogen) atoms. The number of ether oxygens (including phenoxy) is 1. The highest BCUT2D eigenvalue weighted by Gasteiger charge is 2.08. The average Bonchev–Trinajstić information content (AvgIpc) is 2.15. The van der Waals surface area contributed by atoms with E-state index in [1.807, 2.05) is 25.1 Å². The number of benzene rings is 1. The molecule has 3 nitrogen and oxygen atoms in total. The molecule has 0 fully saturated rings. The maximum Gasteiger partial charge on any atom is 0.132 e. The predicted octanol–water partition coefficient (Wildman–Crippen LogP) is 1.00. The predicted molar refractivity (Wildman–Crippen MR) is 59.6 cm³/mol. The Labute approximate surface area is 88.5 Å². The normalized spacial score (nSPS) is 9.86. The Kier molecular flexibility index (Phi) is 3.85. The summed E-state index contributed by atoms with van der Waals surface area (Å²) in [7, 11) is 0. The number of rotatable bonds is 4. The van der Waals surface area contributed by atoms with E-state index in [1.54, 1.807) is 0 Å². The molecule has 1 aromatic rings. The molecular formula is C10H13NO2S. The molecule has 0 bridgehead atoms. The van der Waals surface area contributed by atoms with E-state index in [-0.39, 0.29) is 13.2 Å². The Hall–Kier alpha value is -1.13. The maximum absolute atomic E-state index is 8.66. The summed E-state index contributed by atoms with van der Waals surface area (Å²) in [5.41, 5.74) is 7.22. The fourth-order valence-corrected chi connectivity index (χ4v) is 1.35. The monoisotopic (exact) mass is 211 g/mol. The highest BCUT2D eigenvalue weighted by atomic mass is 32.1. The first-order chi connectivity index (χ1) is 6.66. The number of aliphatic hydroxyl groups excluding tert-OH is 1. The summed E-state index contributed by atoms with van der Waals surface area (Å²) < 4.78 is 5.36. The van der Waals surface area contributed by atoms with E-state index >= 15 is 0 Å². The summed E-state index contributed by atoms with van der Waals surface area (Å²) in [6.07, 6.45) is 0. The van der Waals surface area contributed by atoms with Crippen LogP contribution < -0.4 is 10.5 Å². The van der Waals surface area contributed by atoms with Gasteiger partial charge in [0.05, 0.1) is 12.2 Å². The summed E-state index contributed by atoms with van der Waals surface area (Å²) in [5, 5.41) is 8.66. The van der Waals surface area contributed by atoms with Crippen LogP contribution in [0, 0.1) is 6.92 Å². The van der Waals surface area contributed by atoms with Crippen molar-refractivity contribution >= 4 is 17.2 Å². The van der Waals surface area contributed by atoms with Crippen LogP contribution in [0.2, 0.25) is 0 Å². The molecule has 4 heteroatoms. The van der Waals surface area contributed by atoms with Crippen LogP contribution in [-0.4, -0.2) is 23.3 Å². The first kappa shape index (κ1) is 10.9. The van der Waals surface area contributed by atoms with E-state index in [0.717, 1.165) is 5.56 Å². The van der Waals surface area contributed by atoms with Crippen LogP contribution in [-0.2, 0) is 0 Å². The summed E-state index contributed by atoms with van der Waals surface area (Å²) >= 11 is 4.89. The van der Waals surface area contributed by atoms with Gasteiger partial charge in [-0.05, 0) is 18.6 Å². The largest absolute Gasteiger partial charge is 0.490 e. The van der Waals surface area contributed by atoms with Crippen LogP contribution in [0.3, 0.4) is 0 Å². The second-order valence-electron chi connectivity index (χ2n) is 2.89. The minimum Gasteiger partial charge on any atom is -0.490 e. The van der Waals surface area contributed by atoms with E-state index in [9.17, 15) is 0 Å². The summed E-state index contributed by atoms with van der Waals surface area (Å²) in [6.45, 7) is 2.14. The van der Waals surface area contributed by atoms with Crippen LogP contribution in [0.25, 0.3) is 0 Å². The Bertz CT molecular complexity index is 339. The van der Waals surface area contributed by atoms with Gasteiger partial charge in [-0.15, -0.1) is 0 Å². The van der Waals surface area contributed by atoms with E-state index in [1.165, 1.54) is 0 Å². The van der Waals surface area contributed by atoms with Crippen molar-refractivity contribution in [2.45, 2.75) is 6.92 Å². The lowest BCUT2D eigenvalue weighted by Gasteiger charge is -2.12. The van der Waals surface area contributed by atoms with Gasteiger partial charge >= 0.3 is 0 Å². The lowest BCUT2D eigenvalue weighted by Crippen LogP contribution is -2.13. The molecule has 3 N–H and O–H groups in total. The van der Waals surface area contributed by atoms with Gasteiger partial charge in [0.25, 0.3) is 0 Å². The zero-order valence-corrected chi connectivity index (χ0v) is 8.80. The topological polar surface area (TPSA) is 55.5 Å². The number of thiocarbonyl (C=S) groups is 1. The molecule has 0 aliphatic heterocycles.